The van der Waals surface area contributed by atoms with Crippen molar-refractivity contribution in [3.05, 3.63) is 114 Å². The average molecular weight is 505 g/mol. The Labute approximate surface area is 222 Å². The molecule has 0 aromatic heterocycles. The molecule has 1 atom stereocenters. The van der Waals surface area contributed by atoms with Gasteiger partial charge in [-0.3, -0.25) is 4.90 Å². The quantitative estimate of drug-likeness (QED) is 0.351. The van der Waals surface area contributed by atoms with Crippen LogP contribution in [0.5, 0.6) is 11.5 Å². The molecule has 7 nitrogen and oxygen atoms in total. The smallest absolute Gasteiger partial charge is 0.231 e. The lowest BCUT2D eigenvalue weighted by atomic mass is 10.1. The fourth-order valence-electron chi connectivity index (χ4n) is 5.27. The van der Waals surface area contributed by atoms with Gasteiger partial charge in [0.1, 0.15) is 0 Å². The first kappa shape index (κ1) is 22.7. The van der Waals surface area contributed by atoms with E-state index in [1.54, 1.807) is 0 Å². The molecule has 4 aromatic rings. The summed E-state index contributed by atoms with van der Waals surface area (Å²) in [4.78, 5) is 4.68. The average Bonchev–Trinajstić information content (AvgIpc) is 3.63. The van der Waals surface area contributed by atoms with Gasteiger partial charge in [-0.15, -0.1) is 0 Å². The van der Waals surface area contributed by atoms with Crippen molar-refractivity contribution in [3.63, 3.8) is 0 Å². The van der Waals surface area contributed by atoms with Crippen LogP contribution in [-0.2, 0) is 4.74 Å². The lowest BCUT2D eigenvalue weighted by Gasteiger charge is -2.33. The van der Waals surface area contributed by atoms with Gasteiger partial charge in [0.2, 0.25) is 6.79 Å². The van der Waals surface area contributed by atoms with Crippen molar-refractivity contribution in [1.82, 2.24) is 0 Å². The Hall–Kier alpha value is -4.49. The van der Waals surface area contributed by atoms with Crippen molar-refractivity contribution in [2.45, 2.75) is 6.17 Å². The van der Waals surface area contributed by atoms with Crippen molar-refractivity contribution in [2.75, 3.05) is 47.9 Å². The normalized spacial score (nSPS) is 18.6. The number of morpholine rings is 1. The fraction of sp³-hybridized carbons (Fsp3) is 0.194. The summed E-state index contributed by atoms with van der Waals surface area (Å²) in [7, 11) is 0. The van der Waals surface area contributed by atoms with Crippen LogP contribution in [0.4, 0.5) is 17.1 Å². The predicted octanol–water partition coefficient (Wildman–Crippen LogP) is 5.64. The van der Waals surface area contributed by atoms with Gasteiger partial charge in [-0.05, 0) is 48.5 Å². The van der Waals surface area contributed by atoms with Crippen molar-refractivity contribution in [3.8, 4) is 11.5 Å². The summed E-state index contributed by atoms with van der Waals surface area (Å²) in [5, 5.41) is 7.32. The number of hydrogen-bond donors (Lipinski definition) is 0. The summed E-state index contributed by atoms with van der Waals surface area (Å²) in [6, 6.07) is 35.6. The highest BCUT2D eigenvalue weighted by Crippen LogP contribution is 2.43. The molecule has 7 rings (SSSR count). The predicted molar refractivity (Wildman–Crippen MR) is 149 cm³/mol. The van der Waals surface area contributed by atoms with Crippen LogP contribution in [-0.4, -0.2) is 38.9 Å². The molecule has 0 spiro atoms. The van der Waals surface area contributed by atoms with E-state index in [-0.39, 0.29) is 13.0 Å². The molecule has 190 valence electrons. The monoisotopic (exact) mass is 504 g/mol. The first-order valence-electron chi connectivity index (χ1n) is 12.9. The molecule has 0 aliphatic carbocycles. The number of nitrogens with zero attached hydrogens (tertiary/aromatic N) is 4. The molecule has 7 heteroatoms. The maximum atomic E-state index is 5.76. The Kier molecular flexibility index (Phi) is 5.83. The third kappa shape index (κ3) is 4.11. The molecule has 3 aliphatic heterocycles. The number of hydrogen-bond acceptors (Lipinski definition) is 7. The molecule has 1 saturated heterocycles. The van der Waals surface area contributed by atoms with Crippen LogP contribution < -0.4 is 24.3 Å². The number of hydrazone groups is 1. The summed E-state index contributed by atoms with van der Waals surface area (Å²) < 4.78 is 16.9. The second-order valence-corrected chi connectivity index (χ2v) is 9.44. The number of anilines is 3. The van der Waals surface area contributed by atoms with Crippen LogP contribution in [0.2, 0.25) is 0 Å². The minimum absolute atomic E-state index is 0.226. The maximum Gasteiger partial charge on any atom is 0.231 e. The van der Waals surface area contributed by atoms with Crippen LogP contribution in [0.15, 0.2) is 108 Å². The number of ether oxygens (including phenoxy) is 3. The molecule has 4 aromatic carbocycles. The molecule has 0 unspecified atom stereocenters. The fourth-order valence-corrected chi connectivity index (χ4v) is 5.27. The minimum Gasteiger partial charge on any atom is -0.454 e. The molecule has 3 aliphatic rings. The molecule has 0 bridgehead atoms. The van der Waals surface area contributed by atoms with Gasteiger partial charge in [0.25, 0.3) is 0 Å². The second-order valence-electron chi connectivity index (χ2n) is 9.44. The van der Waals surface area contributed by atoms with Gasteiger partial charge >= 0.3 is 0 Å². The minimum atomic E-state index is -0.226. The molecule has 0 saturated carbocycles. The number of benzene rings is 4. The van der Waals surface area contributed by atoms with E-state index in [2.05, 4.69) is 87.6 Å². The summed E-state index contributed by atoms with van der Waals surface area (Å²) in [5.41, 5.74) is 5.38. The van der Waals surface area contributed by atoms with Gasteiger partial charge < -0.3 is 19.1 Å². The lowest BCUT2D eigenvalue weighted by molar-refractivity contribution is 0.122. The third-order valence-corrected chi connectivity index (χ3v) is 7.16. The van der Waals surface area contributed by atoms with E-state index in [9.17, 15) is 0 Å². The number of rotatable bonds is 5. The number of para-hydroxylation sites is 1. The van der Waals surface area contributed by atoms with Gasteiger partial charge in [0, 0.05) is 35.6 Å². The Bertz CT molecular complexity index is 1440. The topological polar surface area (TPSA) is 49.8 Å². The largest absolute Gasteiger partial charge is 0.454 e. The molecule has 38 heavy (non-hydrogen) atoms. The van der Waals surface area contributed by atoms with Crippen LogP contribution in [0, 0.1) is 0 Å². The van der Waals surface area contributed by atoms with Crippen LogP contribution in [0.3, 0.4) is 0 Å². The van der Waals surface area contributed by atoms with E-state index < -0.39 is 0 Å². The Morgan fingerprint density at radius 2 is 1.34 bits per heavy atom. The summed E-state index contributed by atoms with van der Waals surface area (Å²) in [6.45, 7) is 3.57. The van der Waals surface area contributed by atoms with Crippen LogP contribution in [0.1, 0.15) is 17.3 Å². The third-order valence-electron chi connectivity index (χ3n) is 7.16. The molecule has 0 N–H and O–H groups in total. The second kappa shape index (κ2) is 9.76. The van der Waals surface area contributed by atoms with Crippen molar-refractivity contribution >= 4 is 22.9 Å². The molecule has 0 amide bonds. The van der Waals surface area contributed by atoms with Gasteiger partial charge in [0.15, 0.2) is 23.5 Å². The van der Waals surface area contributed by atoms with E-state index >= 15 is 0 Å². The summed E-state index contributed by atoms with van der Waals surface area (Å²) >= 11 is 0. The van der Waals surface area contributed by atoms with Gasteiger partial charge in [-0.25, -0.2) is 5.01 Å². The maximum absolute atomic E-state index is 5.76. The van der Waals surface area contributed by atoms with Crippen LogP contribution >= 0.6 is 0 Å². The highest BCUT2D eigenvalue weighted by Gasteiger charge is 2.38. The molecular weight excluding hydrogens is 476 g/mol. The molecule has 1 fully saturated rings. The Balaban J connectivity index is 1.36. The van der Waals surface area contributed by atoms with Gasteiger partial charge in [0.05, 0.1) is 18.9 Å². The zero-order chi connectivity index (χ0) is 25.3. The molecule has 3 heterocycles. The number of amidine groups is 1. The molecule has 0 radical (unpaired) electrons. The number of fused-ring (bicyclic) bond motifs is 1. The first-order valence-corrected chi connectivity index (χ1v) is 12.9. The highest BCUT2D eigenvalue weighted by molar-refractivity contribution is 6.12. The standard InChI is InChI=1S/C31H28N4O3/c1-3-7-23(8-4-1)30-32-35(27-9-5-2-6-10-27)31(24-11-16-28-29(21-24)38-22-37-28)34(30)26-14-12-25(13-15-26)33-17-19-36-20-18-33/h1-16,21,31H,17-20,22H2/t31-/m1/s1. The van der Waals surface area contributed by atoms with Crippen molar-refractivity contribution in [2.24, 2.45) is 5.10 Å². The van der Waals surface area contributed by atoms with E-state index in [4.69, 9.17) is 19.3 Å². The summed E-state index contributed by atoms with van der Waals surface area (Å²) in [6.07, 6.45) is -0.226. The SMILES string of the molecule is c1ccc(C2=NN(c3ccccc3)[C@H](c3ccc4c(c3)OCO4)N2c2ccc(N3CCOCC3)cc2)cc1. The lowest BCUT2D eigenvalue weighted by Crippen LogP contribution is -2.37. The zero-order valence-corrected chi connectivity index (χ0v) is 20.9. The van der Waals surface area contributed by atoms with Gasteiger partial charge in [-0.2, -0.15) is 5.10 Å². The van der Waals surface area contributed by atoms with Crippen molar-refractivity contribution in [1.29, 1.82) is 0 Å². The Morgan fingerprint density at radius 3 is 2.11 bits per heavy atom. The highest BCUT2D eigenvalue weighted by atomic mass is 16.7. The van der Waals surface area contributed by atoms with E-state index in [1.165, 1.54) is 5.69 Å². The van der Waals surface area contributed by atoms with E-state index in [0.717, 1.165) is 66.1 Å². The Morgan fingerprint density at radius 1 is 0.658 bits per heavy atom. The molecular formula is C31H28N4O3. The first-order chi connectivity index (χ1) is 18.8. The van der Waals surface area contributed by atoms with Gasteiger partial charge in [-0.1, -0.05) is 54.6 Å². The van der Waals surface area contributed by atoms with Crippen molar-refractivity contribution < 1.29 is 14.2 Å². The summed E-state index contributed by atoms with van der Waals surface area (Å²) in [5.74, 6) is 2.41. The van der Waals surface area contributed by atoms with Crippen LogP contribution in [0.25, 0.3) is 0 Å². The van der Waals surface area contributed by atoms with E-state index in [1.807, 2.05) is 30.3 Å². The van der Waals surface area contributed by atoms with E-state index in [0.29, 0.717) is 0 Å². The zero-order valence-electron chi connectivity index (χ0n) is 20.9.